The van der Waals surface area contributed by atoms with Gasteiger partial charge in [0, 0.05) is 13.6 Å². The number of pyridine rings is 1. The molecule has 0 aromatic carbocycles. The number of methoxy groups -OCH3 is 1. The molecule has 0 radical (unpaired) electrons. The van der Waals surface area contributed by atoms with Crippen LogP contribution in [0.1, 0.15) is 17.4 Å². The molecule has 2 amide bonds. The van der Waals surface area contributed by atoms with Crippen molar-refractivity contribution in [3.63, 3.8) is 0 Å². The number of hydrogen-bond acceptors (Lipinski definition) is 5. The van der Waals surface area contributed by atoms with Crippen molar-refractivity contribution in [3.8, 4) is 0 Å². The van der Waals surface area contributed by atoms with E-state index in [-0.39, 0.29) is 12.2 Å². The number of hydrogen-bond donors (Lipinski definition) is 2. The van der Waals surface area contributed by atoms with E-state index in [0.717, 1.165) is 0 Å². The molecule has 1 rings (SSSR count). The zero-order chi connectivity index (χ0) is 16.0. The van der Waals surface area contributed by atoms with Crippen molar-refractivity contribution in [3.05, 3.63) is 24.0 Å². The number of carboxylic acid groups (broad SMARTS) is 1. The molecule has 0 bridgehead atoms. The Kier molecular flexibility index (Phi) is 5.65. The van der Waals surface area contributed by atoms with Gasteiger partial charge >= 0.3 is 18.0 Å². The highest BCUT2D eigenvalue weighted by molar-refractivity contribution is 5.90. The zero-order valence-corrected chi connectivity index (χ0v) is 12.0. The fraction of sp³-hybridized carbons (Fsp3) is 0.385. The van der Waals surface area contributed by atoms with Gasteiger partial charge in [-0.1, -0.05) is 6.92 Å². The lowest BCUT2D eigenvalue weighted by molar-refractivity contribution is -0.145. The first-order valence-corrected chi connectivity index (χ1v) is 6.14. The quantitative estimate of drug-likeness (QED) is 0.786. The summed E-state index contributed by atoms with van der Waals surface area (Å²) in [5, 5.41) is 11.3. The van der Waals surface area contributed by atoms with Crippen LogP contribution >= 0.6 is 0 Å². The highest BCUT2D eigenvalue weighted by Crippen LogP contribution is 2.08. The van der Waals surface area contributed by atoms with Crippen LogP contribution in [0.25, 0.3) is 0 Å². The van der Waals surface area contributed by atoms with Crippen LogP contribution in [0, 0.1) is 5.92 Å². The Morgan fingerprint density at radius 2 is 2.10 bits per heavy atom. The number of anilines is 1. The van der Waals surface area contributed by atoms with E-state index in [9.17, 15) is 14.4 Å². The molecule has 0 fully saturated rings. The molecule has 21 heavy (non-hydrogen) atoms. The highest BCUT2D eigenvalue weighted by atomic mass is 16.5. The first-order valence-electron chi connectivity index (χ1n) is 6.14. The first kappa shape index (κ1) is 16.4. The fourth-order valence-electron chi connectivity index (χ4n) is 1.58. The van der Waals surface area contributed by atoms with Crippen molar-refractivity contribution in [2.24, 2.45) is 5.92 Å². The van der Waals surface area contributed by atoms with Gasteiger partial charge in [0.05, 0.1) is 24.9 Å². The molecule has 1 aromatic heterocycles. The van der Waals surface area contributed by atoms with Crippen molar-refractivity contribution < 1.29 is 24.2 Å². The molecule has 1 atom stereocenters. The van der Waals surface area contributed by atoms with E-state index >= 15 is 0 Å². The van der Waals surface area contributed by atoms with E-state index < -0.39 is 23.9 Å². The number of esters is 1. The normalized spacial score (nSPS) is 11.4. The van der Waals surface area contributed by atoms with E-state index in [4.69, 9.17) is 5.11 Å². The number of carbonyl (C=O) groups excluding carboxylic acids is 2. The Morgan fingerprint density at radius 3 is 2.57 bits per heavy atom. The molecule has 8 heteroatoms. The van der Waals surface area contributed by atoms with Crippen LogP contribution < -0.4 is 5.32 Å². The molecular formula is C13H17N3O5. The summed E-state index contributed by atoms with van der Waals surface area (Å²) in [6.07, 6.45) is 1.25. The number of carbonyl (C=O) groups is 3. The van der Waals surface area contributed by atoms with Gasteiger partial charge in [0.2, 0.25) is 0 Å². The van der Waals surface area contributed by atoms with Crippen LogP contribution in [0.3, 0.4) is 0 Å². The van der Waals surface area contributed by atoms with Gasteiger partial charge in [0.1, 0.15) is 5.69 Å². The van der Waals surface area contributed by atoms with Crippen LogP contribution in [0.5, 0.6) is 0 Å². The molecule has 1 heterocycles. The molecule has 0 aliphatic rings. The second-order valence-electron chi connectivity index (χ2n) is 4.47. The predicted octanol–water partition coefficient (Wildman–Crippen LogP) is 1.05. The van der Waals surface area contributed by atoms with Gasteiger partial charge in [-0.25, -0.2) is 14.6 Å². The average Bonchev–Trinajstić information content (AvgIpc) is 2.46. The number of amides is 2. The maximum Gasteiger partial charge on any atom is 0.354 e. The van der Waals surface area contributed by atoms with Crippen molar-refractivity contribution in [2.45, 2.75) is 6.92 Å². The number of carboxylic acids is 1. The number of ether oxygens (including phenoxy) is 1. The summed E-state index contributed by atoms with van der Waals surface area (Å²) >= 11 is 0. The van der Waals surface area contributed by atoms with Gasteiger partial charge in [-0.3, -0.25) is 4.79 Å². The van der Waals surface area contributed by atoms with Gasteiger partial charge in [-0.15, -0.1) is 0 Å². The lowest BCUT2D eigenvalue weighted by Crippen LogP contribution is -2.37. The van der Waals surface area contributed by atoms with Crippen molar-refractivity contribution >= 4 is 23.7 Å². The molecule has 1 unspecified atom stereocenters. The van der Waals surface area contributed by atoms with Crippen molar-refractivity contribution in [2.75, 3.05) is 26.0 Å². The first-order chi connectivity index (χ1) is 9.85. The Bertz CT molecular complexity index is 529. The fourth-order valence-corrected chi connectivity index (χ4v) is 1.58. The topological polar surface area (TPSA) is 109 Å². The highest BCUT2D eigenvalue weighted by Gasteiger charge is 2.18. The van der Waals surface area contributed by atoms with Gasteiger partial charge in [0.15, 0.2) is 0 Å². The molecule has 0 aliphatic heterocycles. The Hall–Kier alpha value is -2.64. The lowest BCUT2D eigenvalue weighted by Gasteiger charge is -2.20. The Balaban J connectivity index is 2.59. The summed E-state index contributed by atoms with van der Waals surface area (Å²) in [4.78, 5) is 38.8. The SMILES string of the molecule is COC(=O)C(C)CN(C)C(=O)Nc1ccc(C(=O)O)nc1. The number of rotatable bonds is 5. The van der Waals surface area contributed by atoms with E-state index in [0.29, 0.717) is 5.69 Å². The molecule has 8 nitrogen and oxygen atoms in total. The predicted molar refractivity (Wildman–Crippen MR) is 74.0 cm³/mol. The minimum atomic E-state index is -1.14. The largest absolute Gasteiger partial charge is 0.477 e. The molecule has 114 valence electrons. The molecule has 0 spiro atoms. The number of nitrogens with zero attached hydrogens (tertiary/aromatic N) is 2. The van der Waals surface area contributed by atoms with Crippen LogP contribution in [-0.2, 0) is 9.53 Å². The summed E-state index contributed by atoms with van der Waals surface area (Å²) in [6, 6.07) is 2.29. The lowest BCUT2D eigenvalue weighted by atomic mass is 10.2. The van der Waals surface area contributed by atoms with E-state index in [2.05, 4.69) is 15.0 Å². The Labute approximate surface area is 121 Å². The van der Waals surface area contributed by atoms with Crippen molar-refractivity contribution in [1.29, 1.82) is 0 Å². The molecule has 0 aliphatic carbocycles. The van der Waals surface area contributed by atoms with Gasteiger partial charge in [-0.2, -0.15) is 0 Å². The molecule has 1 aromatic rings. The Morgan fingerprint density at radius 1 is 1.43 bits per heavy atom. The van der Waals surface area contributed by atoms with Gasteiger partial charge < -0.3 is 20.1 Å². The van der Waals surface area contributed by atoms with Crippen molar-refractivity contribution in [1.82, 2.24) is 9.88 Å². The summed E-state index contributed by atoms with van der Waals surface area (Å²) in [6.45, 7) is 1.85. The summed E-state index contributed by atoms with van der Waals surface area (Å²) < 4.78 is 4.58. The monoisotopic (exact) mass is 295 g/mol. The number of aromatic carboxylic acids is 1. The average molecular weight is 295 g/mol. The van der Waals surface area contributed by atoms with Crippen LogP contribution in [-0.4, -0.2) is 53.7 Å². The summed E-state index contributed by atoms with van der Waals surface area (Å²) in [5.74, 6) is -1.99. The van der Waals surface area contributed by atoms with Crippen LogP contribution in [0.4, 0.5) is 10.5 Å². The maximum atomic E-state index is 11.9. The maximum absolute atomic E-state index is 11.9. The van der Waals surface area contributed by atoms with Crippen LogP contribution in [0.2, 0.25) is 0 Å². The van der Waals surface area contributed by atoms with E-state index in [1.807, 2.05) is 0 Å². The summed E-state index contributed by atoms with van der Waals surface area (Å²) in [7, 11) is 2.82. The molecule has 2 N–H and O–H groups in total. The molecular weight excluding hydrogens is 278 g/mol. The molecule has 0 saturated heterocycles. The minimum absolute atomic E-state index is 0.110. The second-order valence-corrected chi connectivity index (χ2v) is 4.47. The number of urea groups is 1. The minimum Gasteiger partial charge on any atom is -0.477 e. The second kappa shape index (κ2) is 7.22. The third kappa shape index (κ3) is 4.75. The third-order valence-electron chi connectivity index (χ3n) is 2.73. The summed E-state index contributed by atoms with van der Waals surface area (Å²) in [5.41, 5.74) is 0.253. The number of nitrogens with one attached hydrogen (secondary N) is 1. The zero-order valence-electron chi connectivity index (χ0n) is 12.0. The van der Waals surface area contributed by atoms with Gasteiger partial charge in [-0.05, 0) is 12.1 Å². The van der Waals surface area contributed by atoms with Crippen LogP contribution in [0.15, 0.2) is 18.3 Å². The van der Waals surface area contributed by atoms with E-state index in [1.54, 1.807) is 6.92 Å². The van der Waals surface area contributed by atoms with Gasteiger partial charge in [0.25, 0.3) is 0 Å². The number of aromatic nitrogens is 1. The van der Waals surface area contributed by atoms with E-state index in [1.165, 1.54) is 37.4 Å². The standard InChI is InChI=1S/C13H17N3O5/c1-8(12(19)21-3)7-16(2)13(20)15-9-4-5-10(11(17)18)14-6-9/h4-6,8H,7H2,1-3H3,(H,15,20)(H,17,18). The molecule has 0 saturated carbocycles. The third-order valence-corrected chi connectivity index (χ3v) is 2.73. The smallest absolute Gasteiger partial charge is 0.354 e.